The van der Waals surface area contributed by atoms with E-state index in [4.69, 9.17) is 9.40 Å². The average molecular weight is 652 g/mol. The van der Waals surface area contributed by atoms with Gasteiger partial charge in [-0.1, -0.05) is 6.92 Å². The lowest BCUT2D eigenvalue weighted by molar-refractivity contribution is 0.0878. The van der Waals surface area contributed by atoms with Crippen molar-refractivity contribution in [3.05, 3.63) is 66.7 Å². The Kier molecular flexibility index (Phi) is 9.66. The van der Waals surface area contributed by atoms with Gasteiger partial charge in [0, 0.05) is 106 Å². The molecule has 2 aromatic heterocycles. The van der Waals surface area contributed by atoms with Crippen LogP contribution in [0.4, 0.5) is 33.6 Å². The number of nitrogens with one attached hydrogen (secondary N) is 2. The Labute approximate surface area is 281 Å². The molecule has 0 saturated carbocycles. The summed E-state index contributed by atoms with van der Waals surface area (Å²) in [5, 5.41) is 14.0. The van der Waals surface area contributed by atoms with Gasteiger partial charge in [0.25, 0.3) is 0 Å². The fourth-order valence-electron chi connectivity index (χ4n) is 6.95. The van der Waals surface area contributed by atoms with E-state index in [1.54, 1.807) is 0 Å². The van der Waals surface area contributed by atoms with Crippen LogP contribution in [0.5, 0.6) is 0 Å². The normalized spacial score (nSPS) is 18.2. The molecule has 13 heteroatoms. The van der Waals surface area contributed by atoms with Crippen LogP contribution in [0.1, 0.15) is 25.3 Å². The van der Waals surface area contributed by atoms with Gasteiger partial charge in [0.2, 0.25) is 18.2 Å². The van der Waals surface area contributed by atoms with Gasteiger partial charge in [-0.15, -0.1) is 10.2 Å². The summed E-state index contributed by atoms with van der Waals surface area (Å²) in [5.41, 5.74) is 4.74. The van der Waals surface area contributed by atoms with Crippen molar-refractivity contribution in [1.82, 2.24) is 34.9 Å². The molecule has 3 fully saturated rings. The largest absolute Gasteiger partial charge is 0.423 e. The molecule has 2 N–H and O–H groups in total. The van der Waals surface area contributed by atoms with Crippen molar-refractivity contribution >= 4 is 34.9 Å². The lowest BCUT2D eigenvalue weighted by Crippen LogP contribution is -2.53. The number of aryl methyl sites for hydroxylation is 1. The van der Waals surface area contributed by atoms with E-state index in [0.717, 1.165) is 42.3 Å². The molecule has 3 aliphatic rings. The first-order chi connectivity index (χ1) is 23.5. The van der Waals surface area contributed by atoms with Gasteiger partial charge in [0.1, 0.15) is 5.82 Å². The number of rotatable bonds is 8. The fourth-order valence-corrected chi connectivity index (χ4v) is 6.95. The summed E-state index contributed by atoms with van der Waals surface area (Å²) in [5.74, 6) is 1.90. The van der Waals surface area contributed by atoms with E-state index in [2.05, 4.69) is 76.6 Å². The summed E-state index contributed by atoms with van der Waals surface area (Å²) >= 11 is 0. The zero-order valence-electron chi connectivity index (χ0n) is 27.9. The Morgan fingerprint density at radius 1 is 0.854 bits per heavy atom. The van der Waals surface area contributed by atoms with E-state index >= 15 is 0 Å². The number of hydrogen-bond donors (Lipinski definition) is 2. The summed E-state index contributed by atoms with van der Waals surface area (Å²) in [7, 11) is 0. The molecule has 0 atom stereocenters. The summed E-state index contributed by atoms with van der Waals surface area (Å²) in [6.07, 6.45) is 5.61. The van der Waals surface area contributed by atoms with E-state index in [-0.39, 0.29) is 6.03 Å². The molecule has 4 aromatic rings. The smallest absolute Gasteiger partial charge is 0.321 e. The second-order valence-electron chi connectivity index (χ2n) is 12.8. The first-order valence-electron chi connectivity index (χ1n) is 17.1. The van der Waals surface area contributed by atoms with Gasteiger partial charge < -0.3 is 34.7 Å². The summed E-state index contributed by atoms with van der Waals surface area (Å²) in [4.78, 5) is 34.3. The number of hydrogen-bond acceptors (Lipinski definition) is 11. The molecule has 2 aromatic carbocycles. The molecule has 3 aliphatic heterocycles. The first-order valence-corrected chi connectivity index (χ1v) is 17.1. The molecule has 252 valence electrons. The number of anilines is 5. The molecular weight excluding hydrogens is 606 g/mol. The maximum atomic E-state index is 13.0. The maximum absolute atomic E-state index is 13.0. The van der Waals surface area contributed by atoms with Gasteiger partial charge in [-0.05, 0) is 74.8 Å². The Morgan fingerprint density at radius 2 is 1.56 bits per heavy atom. The van der Waals surface area contributed by atoms with Crippen molar-refractivity contribution in [2.45, 2.75) is 32.7 Å². The van der Waals surface area contributed by atoms with Crippen LogP contribution in [0.15, 0.2) is 65.5 Å². The number of piperazine rings is 2. The second-order valence-corrected chi connectivity index (χ2v) is 12.8. The van der Waals surface area contributed by atoms with Crippen LogP contribution in [0, 0.1) is 6.92 Å². The molecule has 3 saturated heterocycles. The molecule has 0 aliphatic carbocycles. The van der Waals surface area contributed by atoms with Gasteiger partial charge in [-0.3, -0.25) is 4.90 Å². The van der Waals surface area contributed by atoms with Crippen LogP contribution < -0.4 is 20.4 Å². The quantitative estimate of drug-likeness (QED) is 0.279. The fraction of sp³-hybridized carbons (Fsp3) is 0.457. The van der Waals surface area contributed by atoms with E-state index in [9.17, 15) is 4.79 Å². The summed E-state index contributed by atoms with van der Waals surface area (Å²) < 4.78 is 5.24. The molecule has 13 nitrogen and oxygen atoms in total. The van der Waals surface area contributed by atoms with Crippen molar-refractivity contribution in [2.24, 2.45) is 0 Å². The predicted octanol–water partition coefficient (Wildman–Crippen LogP) is 4.54. The highest BCUT2D eigenvalue weighted by Gasteiger charge is 2.27. The molecule has 2 amide bonds. The number of likely N-dealkylation sites (N-methyl/N-ethyl adjacent to an activating group) is 1. The lowest BCUT2D eigenvalue weighted by atomic mass is 10.0. The van der Waals surface area contributed by atoms with Crippen LogP contribution in [-0.4, -0.2) is 119 Å². The van der Waals surface area contributed by atoms with Gasteiger partial charge in [0.15, 0.2) is 0 Å². The van der Waals surface area contributed by atoms with Gasteiger partial charge in [-0.2, -0.15) is 4.98 Å². The number of amides is 2. The standard InChI is InChI=1S/C35H45N11O2/c1-3-42-16-18-44(19-17-42)31-12-14-43(15-13-31)30-10-8-28(9-11-30)38-34-36-24-26(2)32(40-34)45-20-22-46(23-21-45)35(47)39-29-6-4-27(5-7-29)33-41-37-25-48-33/h4-11,24-25,31H,3,12-23H2,1-2H3,(H,39,47)(H,36,38,40). The van der Waals surface area contributed by atoms with Gasteiger partial charge in [-0.25, -0.2) is 9.78 Å². The summed E-state index contributed by atoms with van der Waals surface area (Å²) in [6.45, 7) is 15.0. The van der Waals surface area contributed by atoms with Crippen LogP contribution in [0.3, 0.4) is 0 Å². The minimum atomic E-state index is -0.125. The Balaban J connectivity index is 0.890. The van der Waals surface area contributed by atoms with Crippen molar-refractivity contribution in [3.8, 4) is 11.5 Å². The minimum Gasteiger partial charge on any atom is -0.423 e. The van der Waals surface area contributed by atoms with Crippen molar-refractivity contribution in [1.29, 1.82) is 0 Å². The SMILES string of the molecule is CCN1CCN(C2CCN(c3ccc(Nc4ncc(C)c(N5CCN(C(=O)Nc6ccc(-c7nnco7)cc6)CC5)n4)cc3)CC2)CC1. The van der Waals surface area contributed by atoms with E-state index in [1.165, 1.54) is 51.1 Å². The second kappa shape index (κ2) is 14.6. The van der Waals surface area contributed by atoms with E-state index < -0.39 is 0 Å². The number of urea groups is 1. The molecule has 0 radical (unpaired) electrons. The van der Waals surface area contributed by atoms with Crippen molar-refractivity contribution in [2.75, 3.05) is 92.4 Å². The summed E-state index contributed by atoms with van der Waals surface area (Å²) in [6, 6.07) is 16.6. The zero-order chi connectivity index (χ0) is 32.9. The number of piperidine rings is 1. The van der Waals surface area contributed by atoms with Crippen LogP contribution >= 0.6 is 0 Å². The van der Waals surface area contributed by atoms with E-state index in [1.807, 2.05) is 42.3 Å². The van der Waals surface area contributed by atoms with Crippen molar-refractivity contribution in [3.63, 3.8) is 0 Å². The number of aromatic nitrogens is 4. The Morgan fingerprint density at radius 3 is 2.23 bits per heavy atom. The first kappa shape index (κ1) is 31.8. The average Bonchev–Trinajstić information content (AvgIpc) is 3.69. The van der Waals surface area contributed by atoms with Crippen LogP contribution in [0.2, 0.25) is 0 Å². The molecule has 0 bridgehead atoms. The Bertz CT molecular complexity index is 1620. The zero-order valence-corrected chi connectivity index (χ0v) is 27.9. The lowest BCUT2D eigenvalue weighted by Gasteiger charge is -2.43. The third-order valence-electron chi connectivity index (χ3n) is 9.88. The number of benzene rings is 2. The van der Waals surface area contributed by atoms with Crippen LogP contribution in [-0.2, 0) is 0 Å². The maximum Gasteiger partial charge on any atom is 0.321 e. The number of nitrogens with zero attached hydrogens (tertiary/aromatic N) is 9. The molecular formula is C35H45N11O2. The number of carbonyl (C=O) groups excluding carboxylic acids is 1. The monoisotopic (exact) mass is 651 g/mol. The molecule has 5 heterocycles. The van der Waals surface area contributed by atoms with Gasteiger partial charge >= 0.3 is 6.03 Å². The predicted molar refractivity (Wildman–Crippen MR) is 188 cm³/mol. The van der Waals surface area contributed by atoms with Crippen molar-refractivity contribution < 1.29 is 9.21 Å². The number of carbonyl (C=O) groups is 1. The molecule has 0 spiro atoms. The molecule has 0 unspecified atom stereocenters. The van der Waals surface area contributed by atoms with E-state index in [0.29, 0.717) is 49.7 Å². The minimum absolute atomic E-state index is 0.125. The molecule has 48 heavy (non-hydrogen) atoms. The highest BCUT2D eigenvalue weighted by atomic mass is 16.4. The van der Waals surface area contributed by atoms with Crippen LogP contribution in [0.25, 0.3) is 11.5 Å². The highest BCUT2D eigenvalue weighted by molar-refractivity contribution is 5.89. The molecule has 7 rings (SSSR count). The Hall–Kier alpha value is -4.75. The third-order valence-corrected chi connectivity index (χ3v) is 9.88. The van der Waals surface area contributed by atoms with Gasteiger partial charge in [0.05, 0.1) is 0 Å². The third kappa shape index (κ3) is 7.37. The topological polar surface area (TPSA) is 122 Å². The highest BCUT2D eigenvalue weighted by Crippen LogP contribution is 2.27.